The van der Waals surface area contributed by atoms with Crippen LogP contribution in [0.3, 0.4) is 0 Å². The highest BCUT2D eigenvalue weighted by Crippen LogP contribution is 2.35. The number of aryl methyl sites for hydroxylation is 2. The van der Waals surface area contributed by atoms with E-state index in [1.54, 1.807) is 12.1 Å². The number of aromatic nitrogens is 2. The molecular formula is C21H20N2O4. The summed E-state index contributed by atoms with van der Waals surface area (Å²) in [5.41, 5.74) is 4.39. The molecular weight excluding hydrogens is 344 g/mol. The molecule has 0 bridgehead atoms. The zero-order chi connectivity index (χ0) is 19.4. The highest BCUT2D eigenvalue weighted by atomic mass is 16.5. The second kappa shape index (κ2) is 7.86. The Morgan fingerprint density at radius 2 is 1.48 bits per heavy atom. The van der Waals surface area contributed by atoms with Gasteiger partial charge in [-0.1, -0.05) is 30.3 Å². The Balaban J connectivity index is 2.10. The van der Waals surface area contributed by atoms with Crippen molar-refractivity contribution in [3.05, 3.63) is 59.2 Å². The molecule has 27 heavy (non-hydrogen) atoms. The summed E-state index contributed by atoms with van der Waals surface area (Å²) in [6.07, 6.45) is 0.786. The van der Waals surface area contributed by atoms with Gasteiger partial charge in [0.2, 0.25) is 11.8 Å². The largest absolute Gasteiger partial charge is 0.481 e. The SMILES string of the molecule is COc1cc(OC)nc(Oc2cccc(-c3c(C)cccc3C)c2C=O)n1. The van der Waals surface area contributed by atoms with E-state index in [1.165, 1.54) is 14.2 Å². The van der Waals surface area contributed by atoms with Crippen LogP contribution in [0.5, 0.6) is 23.5 Å². The summed E-state index contributed by atoms with van der Waals surface area (Å²) in [7, 11) is 2.98. The maximum absolute atomic E-state index is 11.9. The highest BCUT2D eigenvalue weighted by molar-refractivity contribution is 5.92. The molecule has 2 aromatic carbocycles. The van der Waals surface area contributed by atoms with Gasteiger partial charge < -0.3 is 14.2 Å². The maximum atomic E-state index is 11.9. The van der Waals surface area contributed by atoms with Gasteiger partial charge in [0.25, 0.3) is 0 Å². The maximum Gasteiger partial charge on any atom is 0.328 e. The van der Waals surface area contributed by atoms with Crippen molar-refractivity contribution in [1.29, 1.82) is 0 Å². The summed E-state index contributed by atoms with van der Waals surface area (Å²) in [6, 6.07) is 13.0. The number of carbonyl (C=O) groups is 1. The minimum Gasteiger partial charge on any atom is -0.481 e. The molecule has 0 saturated carbocycles. The summed E-state index contributed by atoms with van der Waals surface area (Å²) >= 11 is 0. The molecule has 1 heterocycles. The van der Waals surface area contributed by atoms with Crippen molar-refractivity contribution in [2.24, 2.45) is 0 Å². The topological polar surface area (TPSA) is 70.5 Å². The van der Waals surface area contributed by atoms with Crippen LogP contribution in [0.1, 0.15) is 21.5 Å². The third kappa shape index (κ3) is 3.74. The molecule has 0 amide bonds. The summed E-state index contributed by atoms with van der Waals surface area (Å²) in [5.74, 6) is 0.964. The molecule has 0 radical (unpaired) electrons. The van der Waals surface area contributed by atoms with E-state index in [-0.39, 0.29) is 6.01 Å². The number of carbonyl (C=O) groups excluding carboxylic acids is 1. The number of hydrogen-bond acceptors (Lipinski definition) is 6. The fourth-order valence-electron chi connectivity index (χ4n) is 2.95. The highest BCUT2D eigenvalue weighted by Gasteiger charge is 2.16. The number of hydrogen-bond donors (Lipinski definition) is 0. The van der Waals surface area contributed by atoms with Crippen LogP contribution in [0.25, 0.3) is 11.1 Å². The van der Waals surface area contributed by atoms with Gasteiger partial charge >= 0.3 is 6.01 Å². The van der Waals surface area contributed by atoms with E-state index in [0.29, 0.717) is 23.1 Å². The number of methoxy groups -OCH3 is 2. The Morgan fingerprint density at radius 3 is 2.04 bits per heavy atom. The monoisotopic (exact) mass is 364 g/mol. The Bertz CT molecular complexity index is 943. The molecule has 0 atom stereocenters. The lowest BCUT2D eigenvalue weighted by atomic mass is 9.92. The van der Waals surface area contributed by atoms with Crippen LogP contribution >= 0.6 is 0 Å². The molecule has 0 saturated heterocycles. The lowest BCUT2D eigenvalue weighted by Gasteiger charge is -2.15. The second-order valence-corrected chi connectivity index (χ2v) is 5.94. The van der Waals surface area contributed by atoms with Gasteiger partial charge in [0.05, 0.1) is 25.8 Å². The molecule has 0 spiro atoms. The molecule has 3 aromatic rings. The van der Waals surface area contributed by atoms with Gasteiger partial charge in [0.1, 0.15) is 5.75 Å². The molecule has 0 fully saturated rings. The first-order valence-corrected chi connectivity index (χ1v) is 8.37. The molecule has 0 unspecified atom stereocenters. The van der Waals surface area contributed by atoms with Gasteiger partial charge in [-0.15, -0.1) is 0 Å². The van der Waals surface area contributed by atoms with E-state index in [9.17, 15) is 4.79 Å². The van der Waals surface area contributed by atoms with Crippen molar-refractivity contribution in [3.8, 4) is 34.6 Å². The van der Waals surface area contributed by atoms with E-state index in [2.05, 4.69) is 9.97 Å². The van der Waals surface area contributed by atoms with Gasteiger partial charge in [0, 0.05) is 0 Å². The van der Waals surface area contributed by atoms with E-state index >= 15 is 0 Å². The van der Waals surface area contributed by atoms with Gasteiger partial charge in [-0.05, 0) is 42.2 Å². The van der Waals surface area contributed by atoms with Crippen LogP contribution in [0.2, 0.25) is 0 Å². The average Bonchev–Trinajstić information content (AvgIpc) is 2.67. The molecule has 0 aliphatic rings. The lowest BCUT2D eigenvalue weighted by Crippen LogP contribution is -2.01. The molecule has 0 aliphatic carbocycles. The number of ether oxygens (including phenoxy) is 3. The number of benzene rings is 2. The summed E-state index contributed by atoms with van der Waals surface area (Å²) in [6.45, 7) is 4.03. The minimum atomic E-state index is 0.0351. The molecule has 0 N–H and O–H groups in total. The van der Waals surface area contributed by atoms with E-state index in [0.717, 1.165) is 28.5 Å². The molecule has 0 aliphatic heterocycles. The number of nitrogens with zero attached hydrogens (tertiary/aromatic N) is 2. The van der Waals surface area contributed by atoms with Gasteiger partial charge in [-0.25, -0.2) is 0 Å². The van der Waals surface area contributed by atoms with Crippen molar-refractivity contribution < 1.29 is 19.0 Å². The van der Waals surface area contributed by atoms with E-state index in [1.807, 2.05) is 44.2 Å². The van der Waals surface area contributed by atoms with Crippen LogP contribution in [0.15, 0.2) is 42.5 Å². The zero-order valence-corrected chi connectivity index (χ0v) is 15.6. The van der Waals surface area contributed by atoms with Crippen molar-refractivity contribution in [3.63, 3.8) is 0 Å². The molecule has 1 aromatic heterocycles. The van der Waals surface area contributed by atoms with Crippen molar-refractivity contribution in [2.75, 3.05) is 14.2 Å². The third-order valence-corrected chi connectivity index (χ3v) is 4.21. The normalized spacial score (nSPS) is 10.4. The van der Waals surface area contributed by atoms with Crippen LogP contribution < -0.4 is 14.2 Å². The predicted molar refractivity (Wildman–Crippen MR) is 102 cm³/mol. The van der Waals surface area contributed by atoms with Crippen LogP contribution in [0, 0.1) is 13.8 Å². The number of aldehydes is 1. The summed E-state index contributed by atoms with van der Waals surface area (Å²) in [4.78, 5) is 20.2. The van der Waals surface area contributed by atoms with Gasteiger partial charge in [-0.3, -0.25) is 4.79 Å². The van der Waals surface area contributed by atoms with Crippen LogP contribution in [0.4, 0.5) is 0 Å². The van der Waals surface area contributed by atoms with E-state index in [4.69, 9.17) is 14.2 Å². The molecule has 6 heteroatoms. The fraction of sp³-hybridized carbons (Fsp3) is 0.190. The molecule has 3 rings (SSSR count). The van der Waals surface area contributed by atoms with Gasteiger partial charge in [0.15, 0.2) is 6.29 Å². The van der Waals surface area contributed by atoms with Crippen molar-refractivity contribution >= 4 is 6.29 Å². The Hall–Kier alpha value is -3.41. The Kier molecular flexibility index (Phi) is 5.35. The Morgan fingerprint density at radius 1 is 0.889 bits per heavy atom. The third-order valence-electron chi connectivity index (χ3n) is 4.21. The molecule has 138 valence electrons. The van der Waals surface area contributed by atoms with E-state index < -0.39 is 0 Å². The first-order chi connectivity index (χ1) is 13.1. The zero-order valence-electron chi connectivity index (χ0n) is 15.6. The quantitative estimate of drug-likeness (QED) is 0.605. The van der Waals surface area contributed by atoms with Crippen molar-refractivity contribution in [2.45, 2.75) is 13.8 Å². The van der Waals surface area contributed by atoms with Crippen LogP contribution in [-0.4, -0.2) is 30.5 Å². The van der Waals surface area contributed by atoms with Crippen LogP contribution in [-0.2, 0) is 0 Å². The standard InChI is InChI=1S/C21H20N2O4/c1-13-7-5-8-14(2)20(13)15-9-6-10-17(16(15)12-24)27-21-22-18(25-3)11-19(23-21)26-4/h5-12H,1-4H3. The van der Waals surface area contributed by atoms with Gasteiger partial charge in [-0.2, -0.15) is 9.97 Å². The number of rotatable bonds is 6. The lowest BCUT2D eigenvalue weighted by molar-refractivity contribution is 0.112. The first kappa shape index (κ1) is 18.4. The average molecular weight is 364 g/mol. The van der Waals surface area contributed by atoms with Crippen molar-refractivity contribution in [1.82, 2.24) is 9.97 Å². The Labute approximate surface area is 157 Å². The smallest absolute Gasteiger partial charge is 0.328 e. The summed E-state index contributed by atoms with van der Waals surface area (Å²) in [5, 5.41) is 0. The predicted octanol–water partition coefficient (Wildman–Crippen LogP) is 4.38. The fourth-order valence-corrected chi connectivity index (χ4v) is 2.95. The first-order valence-electron chi connectivity index (χ1n) is 8.37. The second-order valence-electron chi connectivity index (χ2n) is 5.94. The minimum absolute atomic E-state index is 0.0351. The summed E-state index contributed by atoms with van der Waals surface area (Å²) < 4.78 is 16.1. The molecule has 6 nitrogen and oxygen atoms in total.